The highest BCUT2D eigenvalue weighted by Crippen LogP contribution is 2.42. The highest BCUT2D eigenvalue weighted by Gasteiger charge is 2.45. The third-order valence-electron chi connectivity index (χ3n) is 2.69. The fraction of sp³-hybridized carbons (Fsp3) is 0.833. The summed E-state index contributed by atoms with van der Waals surface area (Å²) in [6.07, 6.45) is 1.23. The summed E-state index contributed by atoms with van der Waals surface area (Å²) < 4.78 is 9.80. The van der Waals surface area contributed by atoms with Gasteiger partial charge in [-0.05, 0) is 39.5 Å². The van der Waals surface area contributed by atoms with E-state index in [9.17, 15) is 9.59 Å². The molecule has 98 valence electrons. The number of rotatable bonds is 4. The van der Waals surface area contributed by atoms with Gasteiger partial charge >= 0.3 is 11.9 Å². The van der Waals surface area contributed by atoms with E-state index in [1.54, 1.807) is 20.8 Å². The summed E-state index contributed by atoms with van der Waals surface area (Å²) in [5.74, 6) is -0.558. The second-order valence-corrected chi connectivity index (χ2v) is 5.50. The number of carbonyl (C=O) groups excluding carboxylic acids is 2. The molecule has 0 radical (unpaired) electrons. The van der Waals surface area contributed by atoms with E-state index in [0.29, 0.717) is 6.42 Å². The van der Waals surface area contributed by atoms with Crippen LogP contribution in [0.5, 0.6) is 0 Å². The second-order valence-electron chi connectivity index (χ2n) is 5.50. The minimum absolute atomic E-state index is 0.0894. The van der Waals surface area contributed by atoms with Crippen LogP contribution in [0.4, 0.5) is 0 Å². The fourth-order valence-corrected chi connectivity index (χ4v) is 1.75. The molecule has 0 aromatic heterocycles. The molecular weight excluding hydrogens is 222 g/mol. The maximum absolute atomic E-state index is 11.6. The van der Waals surface area contributed by atoms with E-state index >= 15 is 0 Å². The first-order valence-corrected chi connectivity index (χ1v) is 5.81. The van der Waals surface area contributed by atoms with E-state index in [4.69, 9.17) is 10.5 Å². The molecule has 1 fully saturated rings. The minimum Gasteiger partial charge on any atom is -0.469 e. The molecule has 1 saturated carbocycles. The third kappa shape index (κ3) is 4.34. The molecule has 0 aliphatic heterocycles. The van der Waals surface area contributed by atoms with Crippen molar-refractivity contribution in [2.24, 2.45) is 17.6 Å². The first-order valence-electron chi connectivity index (χ1n) is 5.81. The number of methoxy groups -OCH3 is 1. The predicted molar refractivity (Wildman–Crippen MR) is 62.1 cm³/mol. The summed E-state index contributed by atoms with van der Waals surface area (Å²) >= 11 is 0. The fourth-order valence-electron chi connectivity index (χ4n) is 1.75. The lowest BCUT2D eigenvalue weighted by Crippen LogP contribution is -2.37. The number of ether oxygens (including phenoxy) is 2. The lowest BCUT2D eigenvalue weighted by Gasteiger charge is -2.22. The first-order chi connectivity index (χ1) is 7.74. The van der Waals surface area contributed by atoms with Crippen molar-refractivity contribution in [2.75, 3.05) is 7.11 Å². The van der Waals surface area contributed by atoms with Crippen LogP contribution in [0.3, 0.4) is 0 Å². The maximum Gasteiger partial charge on any atom is 0.323 e. The highest BCUT2D eigenvalue weighted by molar-refractivity contribution is 5.78. The van der Waals surface area contributed by atoms with Gasteiger partial charge in [-0.15, -0.1) is 0 Å². The zero-order chi connectivity index (χ0) is 13.2. The number of hydrogen-bond acceptors (Lipinski definition) is 5. The Labute approximate surface area is 102 Å². The average molecular weight is 243 g/mol. The smallest absolute Gasteiger partial charge is 0.323 e. The summed E-state index contributed by atoms with van der Waals surface area (Å²) in [6, 6.07) is -0.658. The Morgan fingerprint density at radius 3 is 2.47 bits per heavy atom. The van der Waals surface area contributed by atoms with Gasteiger partial charge in [-0.1, -0.05) is 0 Å². The van der Waals surface area contributed by atoms with Gasteiger partial charge in [0.2, 0.25) is 0 Å². The quantitative estimate of drug-likeness (QED) is 0.741. The van der Waals surface area contributed by atoms with Gasteiger partial charge in [0, 0.05) is 0 Å². The molecular formula is C12H21NO4. The van der Waals surface area contributed by atoms with Gasteiger partial charge in [0.15, 0.2) is 0 Å². The number of nitrogens with two attached hydrogens (primary N) is 1. The molecule has 0 heterocycles. The van der Waals surface area contributed by atoms with Crippen molar-refractivity contribution < 1.29 is 19.1 Å². The standard InChI is InChI=1S/C12H21NO4/c1-12(2,3)17-11(15)9(13)6-7-5-8(7)10(14)16-4/h7-9H,5-6,13H2,1-4H3. The van der Waals surface area contributed by atoms with E-state index in [1.807, 2.05) is 0 Å². The van der Waals surface area contributed by atoms with Crippen molar-refractivity contribution in [3.8, 4) is 0 Å². The van der Waals surface area contributed by atoms with E-state index in [2.05, 4.69) is 4.74 Å². The van der Waals surface area contributed by atoms with Gasteiger partial charge in [-0.3, -0.25) is 9.59 Å². The van der Waals surface area contributed by atoms with Gasteiger partial charge in [0.1, 0.15) is 11.6 Å². The maximum atomic E-state index is 11.6. The van der Waals surface area contributed by atoms with Gasteiger partial charge in [0.25, 0.3) is 0 Å². The summed E-state index contributed by atoms with van der Waals surface area (Å²) in [7, 11) is 1.37. The van der Waals surface area contributed by atoms with E-state index < -0.39 is 17.6 Å². The molecule has 5 heteroatoms. The molecule has 1 aliphatic carbocycles. The number of carbonyl (C=O) groups is 2. The topological polar surface area (TPSA) is 78.6 Å². The van der Waals surface area contributed by atoms with Crippen LogP contribution in [0.2, 0.25) is 0 Å². The molecule has 3 unspecified atom stereocenters. The molecule has 0 saturated heterocycles. The molecule has 1 aliphatic rings. The van der Waals surface area contributed by atoms with Crippen LogP contribution < -0.4 is 5.73 Å². The molecule has 1 rings (SSSR count). The van der Waals surface area contributed by atoms with E-state index in [-0.39, 0.29) is 17.8 Å². The Balaban J connectivity index is 2.34. The first kappa shape index (κ1) is 14.0. The van der Waals surface area contributed by atoms with Crippen molar-refractivity contribution >= 4 is 11.9 Å². The molecule has 0 amide bonds. The van der Waals surface area contributed by atoms with Crippen molar-refractivity contribution in [3.05, 3.63) is 0 Å². The van der Waals surface area contributed by atoms with Crippen LogP contribution >= 0.6 is 0 Å². The molecule has 0 aromatic carbocycles. The zero-order valence-electron chi connectivity index (χ0n) is 10.9. The zero-order valence-corrected chi connectivity index (χ0v) is 10.9. The monoisotopic (exact) mass is 243 g/mol. The minimum atomic E-state index is -0.658. The van der Waals surface area contributed by atoms with Crippen molar-refractivity contribution in [2.45, 2.75) is 45.3 Å². The van der Waals surface area contributed by atoms with Crippen LogP contribution in [-0.4, -0.2) is 30.7 Å². The predicted octanol–water partition coefficient (Wildman–Crippen LogP) is 0.855. The highest BCUT2D eigenvalue weighted by atomic mass is 16.6. The van der Waals surface area contributed by atoms with Crippen molar-refractivity contribution in [3.63, 3.8) is 0 Å². The molecule has 0 bridgehead atoms. The van der Waals surface area contributed by atoms with Crippen molar-refractivity contribution in [1.82, 2.24) is 0 Å². The van der Waals surface area contributed by atoms with E-state index in [0.717, 1.165) is 6.42 Å². The molecule has 0 aromatic rings. The van der Waals surface area contributed by atoms with Gasteiger partial charge in [0.05, 0.1) is 13.0 Å². The largest absolute Gasteiger partial charge is 0.469 e. The molecule has 17 heavy (non-hydrogen) atoms. The Kier molecular flexibility index (Phi) is 4.14. The van der Waals surface area contributed by atoms with Crippen LogP contribution in [0.15, 0.2) is 0 Å². The Hall–Kier alpha value is -1.10. The summed E-state index contributed by atoms with van der Waals surface area (Å²) in [5, 5.41) is 0. The van der Waals surface area contributed by atoms with E-state index in [1.165, 1.54) is 7.11 Å². The Morgan fingerprint density at radius 1 is 1.41 bits per heavy atom. The van der Waals surface area contributed by atoms with Gasteiger partial charge in [-0.25, -0.2) is 0 Å². The summed E-state index contributed by atoms with van der Waals surface area (Å²) in [6.45, 7) is 5.39. The summed E-state index contributed by atoms with van der Waals surface area (Å²) in [5.41, 5.74) is 5.21. The van der Waals surface area contributed by atoms with Crippen LogP contribution in [0.25, 0.3) is 0 Å². The second kappa shape index (κ2) is 5.04. The van der Waals surface area contributed by atoms with Crippen molar-refractivity contribution in [1.29, 1.82) is 0 Å². The molecule has 0 spiro atoms. The lowest BCUT2D eigenvalue weighted by molar-refractivity contribution is -0.157. The van der Waals surface area contributed by atoms with Gasteiger partial charge in [-0.2, -0.15) is 0 Å². The van der Waals surface area contributed by atoms with Gasteiger partial charge < -0.3 is 15.2 Å². The lowest BCUT2D eigenvalue weighted by atomic mass is 10.1. The van der Waals surface area contributed by atoms with Crippen LogP contribution in [0.1, 0.15) is 33.6 Å². The Morgan fingerprint density at radius 2 is 2.00 bits per heavy atom. The number of esters is 2. The average Bonchev–Trinajstić information content (AvgIpc) is 2.93. The molecule has 5 nitrogen and oxygen atoms in total. The van der Waals surface area contributed by atoms with Crippen LogP contribution in [-0.2, 0) is 19.1 Å². The third-order valence-corrected chi connectivity index (χ3v) is 2.69. The summed E-state index contributed by atoms with van der Waals surface area (Å²) in [4.78, 5) is 22.8. The number of hydrogen-bond donors (Lipinski definition) is 1. The SMILES string of the molecule is COC(=O)C1CC1CC(N)C(=O)OC(C)(C)C. The Bertz CT molecular complexity index is 308. The normalized spacial score (nSPS) is 25.0. The van der Waals surface area contributed by atoms with Crippen LogP contribution in [0, 0.1) is 11.8 Å². The molecule has 2 N–H and O–H groups in total. The molecule has 3 atom stereocenters.